The van der Waals surface area contributed by atoms with E-state index in [2.05, 4.69) is 10.3 Å². The SMILES string of the molecule is Cc1[nH]c(=O)sc1S(=O)(=O)N(C)C1CC2CCC(C1)N2. The van der Waals surface area contributed by atoms with E-state index in [1.54, 1.807) is 14.0 Å². The third-order valence-electron chi connectivity index (χ3n) is 4.36. The fourth-order valence-corrected chi connectivity index (χ4v) is 6.13. The fourth-order valence-electron chi connectivity index (χ4n) is 3.29. The average Bonchev–Trinajstić information content (AvgIpc) is 2.90. The molecule has 1 aromatic rings. The summed E-state index contributed by atoms with van der Waals surface area (Å²) in [4.78, 5) is 13.6. The highest BCUT2D eigenvalue weighted by atomic mass is 32.2. The molecule has 20 heavy (non-hydrogen) atoms. The van der Waals surface area contributed by atoms with E-state index >= 15 is 0 Å². The number of nitrogens with zero attached hydrogens (tertiary/aromatic N) is 1. The lowest BCUT2D eigenvalue weighted by atomic mass is 10.0. The molecule has 8 heteroatoms. The van der Waals surface area contributed by atoms with Gasteiger partial charge >= 0.3 is 4.87 Å². The smallest absolute Gasteiger partial charge is 0.305 e. The Bertz CT molecular complexity index is 652. The van der Waals surface area contributed by atoms with Crippen molar-refractivity contribution in [3.8, 4) is 0 Å². The van der Waals surface area contributed by atoms with Gasteiger partial charge in [-0.15, -0.1) is 0 Å². The number of fused-ring (bicyclic) bond motifs is 2. The zero-order valence-corrected chi connectivity index (χ0v) is 13.2. The summed E-state index contributed by atoms with van der Waals surface area (Å²) in [5.41, 5.74) is 0.434. The topological polar surface area (TPSA) is 82.3 Å². The van der Waals surface area contributed by atoms with Crippen molar-refractivity contribution in [2.75, 3.05) is 7.05 Å². The Hall–Kier alpha value is -0.700. The van der Waals surface area contributed by atoms with E-state index in [0.29, 0.717) is 17.8 Å². The maximum atomic E-state index is 12.7. The second-order valence-electron chi connectivity index (χ2n) is 5.71. The molecular formula is C12H19N3O3S2. The van der Waals surface area contributed by atoms with Crippen LogP contribution < -0.4 is 10.2 Å². The Morgan fingerprint density at radius 3 is 2.35 bits per heavy atom. The van der Waals surface area contributed by atoms with Gasteiger partial charge in [-0.25, -0.2) is 8.42 Å². The first-order chi connectivity index (χ1) is 9.38. The largest absolute Gasteiger partial charge is 0.315 e. The molecule has 0 saturated carbocycles. The Morgan fingerprint density at radius 1 is 1.25 bits per heavy atom. The molecule has 2 unspecified atom stereocenters. The summed E-state index contributed by atoms with van der Waals surface area (Å²) in [6.07, 6.45) is 3.96. The first-order valence-corrected chi connectivity index (χ1v) is 9.07. The minimum atomic E-state index is -3.57. The van der Waals surface area contributed by atoms with Crippen molar-refractivity contribution in [3.05, 3.63) is 15.4 Å². The lowest BCUT2D eigenvalue weighted by Gasteiger charge is -2.34. The van der Waals surface area contributed by atoms with E-state index in [1.165, 1.54) is 4.31 Å². The zero-order chi connectivity index (χ0) is 14.5. The number of piperidine rings is 1. The number of rotatable bonds is 3. The molecule has 2 atom stereocenters. The molecule has 3 heterocycles. The van der Waals surface area contributed by atoms with Crippen molar-refractivity contribution < 1.29 is 8.42 Å². The van der Waals surface area contributed by atoms with Crippen molar-refractivity contribution in [2.24, 2.45) is 0 Å². The van der Waals surface area contributed by atoms with Gasteiger partial charge in [0.2, 0.25) is 0 Å². The monoisotopic (exact) mass is 317 g/mol. The van der Waals surface area contributed by atoms with Crippen molar-refractivity contribution in [2.45, 2.75) is 54.9 Å². The van der Waals surface area contributed by atoms with Crippen LogP contribution in [0.4, 0.5) is 0 Å². The minimum Gasteiger partial charge on any atom is -0.315 e. The quantitative estimate of drug-likeness (QED) is 0.857. The Kier molecular flexibility index (Phi) is 3.52. The number of hydrogen-bond donors (Lipinski definition) is 2. The Labute approximate surface area is 122 Å². The number of thiazole rings is 1. The third-order valence-corrected chi connectivity index (χ3v) is 7.85. The van der Waals surface area contributed by atoms with Gasteiger partial charge in [0.05, 0.1) is 0 Å². The first-order valence-electron chi connectivity index (χ1n) is 6.81. The third kappa shape index (κ3) is 2.34. The number of aromatic amines is 1. The van der Waals surface area contributed by atoms with Gasteiger partial charge in [0.25, 0.3) is 10.0 Å². The molecule has 2 bridgehead atoms. The maximum absolute atomic E-state index is 12.7. The molecule has 6 nitrogen and oxygen atoms in total. The van der Waals surface area contributed by atoms with Crippen LogP contribution in [0.25, 0.3) is 0 Å². The van der Waals surface area contributed by atoms with E-state index in [4.69, 9.17) is 0 Å². The van der Waals surface area contributed by atoms with Crippen LogP contribution in [0.3, 0.4) is 0 Å². The molecule has 2 fully saturated rings. The molecule has 112 valence electrons. The molecule has 0 radical (unpaired) electrons. The second kappa shape index (κ2) is 4.94. The van der Waals surface area contributed by atoms with Gasteiger partial charge < -0.3 is 10.3 Å². The van der Waals surface area contributed by atoms with Gasteiger partial charge in [-0.1, -0.05) is 11.3 Å². The number of nitrogens with one attached hydrogen (secondary N) is 2. The summed E-state index contributed by atoms with van der Waals surface area (Å²) in [6, 6.07) is 0.889. The van der Waals surface area contributed by atoms with Crippen LogP contribution >= 0.6 is 11.3 Å². The lowest BCUT2D eigenvalue weighted by molar-refractivity contribution is 0.251. The zero-order valence-electron chi connectivity index (χ0n) is 11.5. The predicted molar refractivity (Wildman–Crippen MR) is 77.6 cm³/mol. The van der Waals surface area contributed by atoms with Gasteiger partial charge in [-0.3, -0.25) is 4.79 Å². The van der Waals surface area contributed by atoms with Gasteiger partial charge in [0.1, 0.15) is 0 Å². The van der Waals surface area contributed by atoms with E-state index in [-0.39, 0.29) is 15.1 Å². The normalized spacial score (nSPS) is 30.1. The first kappa shape index (κ1) is 14.2. The van der Waals surface area contributed by atoms with Crippen molar-refractivity contribution >= 4 is 21.4 Å². The molecule has 0 aliphatic carbocycles. The molecule has 2 aliphatic rings. The van der Waals surface area contributed by atoms with Crippen LogP contribution in [0.2, 0.25) is 0 Å². The number of sulfonamides is 1. The summed E-state index contributed by atoms with van der Waals surface area (Å²) in [5.74, 6) is 0. The maximum Gasteiger partial charge on any atom is 0.305 e. The van der Waals surface area contributed by atoms with Crippen molar-refractivity contribution in [1.29, 1.82) is 0 Å². The highest BCUT2D eigenvalue weighted by molar-refractivity contribution is 7.91. The van der Waals surface area contributed by atoms with Crippen LogP contribution in [0.1, 0.15) is 31.4 Å². The van der Waals surface area contributed by atoms with E-state index in [9.17, 15) is 13.2 Å². The van der Waals surface area contributed by atoms with E-state index in [1.807, 2.05) is 0 Å². The fraction of sp³-hybridized carbons (Fsp3) is 0.750. The lowest BCUT2D eigenvalue weighted by Crippen LogP contribution is -2.48. The Morgan fingerprint density at radius 2 is 1.85 bits per heavy atom. The van der Waals surface area contributed by atoms with E-state index in [0.717, 1.165) is 37.0 Å². The molecule has 0 aromatic carbocycles. The second-order valence-corrected chi connectivity index (χ2v) is 8.89. The predicted octanol–water partition coefficient (Wildman–Crippen LogP) is 0.648. The summed E-state index contributed by atoms with van der Waals surface area (Å²) >= 11 is 0.774. The standard InChI is InChI=1S/C12H19N3O3S2/c1-7-11(19-12(16)13-7)20(17,18)15(2)10-5-8-3-4-9(6-10)14-8/h8-10,14H,3-6H2,1-2H3,(H,13,16). The molecule has 2 saturated heterocycles. The van der Waals surface area contributed by atoms with Gasteiger partial charge in [0.15, 0.2) is 4.21 Å². The van der Waals surface area contributed by atoms with E-state index < -0.39 is 10.0 Å². The van der Waals surface area contributed by atoms with Crippen LogP contribution in [0.15, 0.2) is 9.00 Å². The number of hydrogen-bond acceptors (Lipinski definition) is 5. The summed E-state index contributed by atoms with van der Waals surface area (Å²) in [6.45, 7) is 1.63. The van der Waals surface area contributed by atoms with Crippen molar-refractivity contribution in [3.63, 3.8) is 0 Å². The highest BCUT2D eigenvalue weighted by Gasteiger charge is 2.39. The number of aromatic nitrogens is 1. The molecular weight excluding hydrogens is 298 g/mol. The van der Waals surface area contributed by atoms with Crippen molar-refractivity contribution in [1.82, 2.24) is 14.6 Å². The van der Waals surface area contributed by atoms with Crippen LogP contribution in [-0.2, 0) is 10.0 Å². The van der Waals surface area contributed by atoms with Crippen LogP contribution in [0, 0.1) is 6.92 Å². The minimum absolute atomic E-state index is 0.0235. The average molecular weight is 317 g/mol. The Balaban J connectivity index is 1.87. The van der Waals surface area contributed by atoms with Gasteiger partial charge in [-0.2, -0.15) is 4.31 Å². The van der Waals surface area contributed by atoms with Crippen LogP contribution in [0.5, 0.6) is 0 Å². The summed E-state index contributed by atoms with van der Waals surface area (Å²) in [5, 5.41) is 3.51. The molecule has 2 N–H and O–H groups in total. The van der Waals surface area contributed by atoms with Crippen LogP contribution in [-0.4, -0.2) is 42.9 Å². The van der Waals surface area contributed by atoms with Gasteiger partial charge in [0, 0.05) is 30.9 Å². The number of aryl methyl sites for hydroxylation is 1. The molecule has 3 rings (SSSR count). The molecule has 0 spiro atoms. The molecule has 0 amide bonds. The summed E-state index contributed by atoms with van der Waals surface area (Å²) in [7, 11) is -1.94. The van der Waals surface area contributed by atoms with Gasteiger partial charge in [-0.05, 0) is 32.6 Å². The molecule has 2 aliphatic heterocycles. The molecule has 1 aromatic heterocycles. The highest BCUT2D eigenvalue weighted by Crippen LogP contribution is 2.32. The summed E-state index contributed by atoms with van der Waals surface area (Å²) < 4.78 is 26.9. The number of H-pyrrole nitrogens is 1.